The van der Waals surface area contributed by atoms with Gasteiger partial charge in [0.15, 0.2) is 0 Å². The number of carbonyl (C=O) groups excluding carboxylic acids is 1. The molecule has 1 aromatic carbocycles. The number of carbonyl (C=O) groups is 1. The zero-order chi connectivity index (χ0) is 18.7. The van der Waals surface area contributed by atoms with Crippen molar-refractivity contribution in [1.82, 2.24) is 4.90 Å². The highest BCUT2D eigenvalue weighted by atomic mass is 32.1. The van der Waals surface area contributed by atoms with Gasteiger partial charge >= 0.3 is 0 Å². The van der Waals surface area contributed by atoms with Crippen molar-refractivity contribution >= 4 is 22.9 Å². The van der Waals surface area contributed by atoms with E-state index < -0.39 is 0 Å². The van der Waals surface area contributed by atoms with Gasteiger partial charge in [-0.15, -0.1) is 0 Å². The first-order valence-electron chi connectivity index (χ1n) is 9.85. The van der Waals surface area contributed by atoms with Crippen LogP contribution in [-0.4, -0.2) is 36.6 Å². The van der Waals surface area contributed by atoms with Gasteiger partial charge in [0.25, 0.3) is 0 Å². The first kappa shape index (κ1) is 18.7. The van der Waals surface area contributed by atoms with Crippen LogP contribution in [0.2, 0.25) is 0 Å². The zero-order valence-electron chi connectivity index (χ0n) is 15.9. The molecule has 144 valence electrons. The van der Waals surface area contributed by atoms with E-state index in [1.807, 2.05) is 12.1 Å². The van der Waals surface area contributed by atoms with Crippen molar-refractivity contribution in [3.8, 4) is 0 Å². The third-order valence-corrected chi connectivity index (χ3v) is 6.75. The average molecular weight is 385 g/mol. The highest BCUT2D eigenvalue weighted by molar-refractivity contribution is 7.07. The first-order valence-corrected chi connectivity index (χ1v) is 10.8. The number of likely N-dealkylation sites (tertiary alicyclic amines) is 1. The highest BCUT2D eigenvalue weighted by Crippen LogP contribution is 2.44. The smallest absolute Gasteiger partial charge is 0.221 e. The van der Waals surface area contributed by atoms with Crippen LogP contribution in [0.1, 0.15) is 37.3 Å². The summed E-state index contributed by atoms with van der Waals surface area (Å²) in [5, 5.41) is 7.28. The van der Waals surface area contributed by atoms with E-state index in [-0.39, 0.29) is 5.91 Å². The van der Waals surface area contributed by atoms with Crippen molar-refractivity contribution in [1.29, 1.82) is 0 Å². The fourth-order valence-corrected chi connectivity index (χ4v) is 5.15. The van der Waals surface area contributed by atoms with Gasteiger partial charge in [0.05, 0.1) is 6.10 Å². The van der Waals surface area contributed by atoms with E-state index in [1.54, 1.807) is 11.3 Å². The molecule has 0 saturated carbocycles. The van der Waals surface area contributed by atoms with Crippen molar-refractivity contribution in [2.75, 3.05) is 25.0 Å². The Labute approximate surface area is 165 Å². The van der Waals surface area contributed by atoms with Crippen molar-refractivity contribution in [3.05, 3.63) is 52.2 Å². The lowest BCUT2D eigenvalue weighted by Gasteiger charge is -2.43. The summed E-state index contributed by atoms with van der Waals surface area (Å²) in [7, 11) is 0. The molecule has 2 saturated heterocycles. The molecule has 2 aliphatic rings. The van der Waals surface area contributed by atoms with Gasteiger partial charge < -0.3 is 10.1 Å². The molecule has 4 rings (SSSR count). The maximum atomic E-state index is 11.2. The molecule has 1 aromatic heterocycles. The second-order valence-corrected chi connectivity index (χ2v) is 8.76. The fraction of sp³-hybridized carbons (Fsp3) is 0.500. The number of amides is 1. The Balaban J connectivity index is 1.38. The molecule has 2 aliphatic heterocycles. The summed E-state index contributed by atoms with van der Waals surface area (Å²) in [4.78, 5) is 13.7. The third kappa shape index (κ3) is 4.42. The van der Waals surface area contributed by atoms with Crippen molar-refractivity contribution in [2.24, 2.45) is 5.41 Å². The highest BCUT2D eigenvalue weighted by Gasteiger charge is 2.47. The molecule has 27 heavy (non-hydrogen) atoms. The number of rotatable bonds is 7. The Bertz CT molecular complexity index is 755. The normalized spacial score (nSPS) is 25.3. The van der Waals surface area contributed by atoms with E-state index in [0.29, 0.717) is 11.5 Å². The van der Waals surface area contributed by atoms with Crippen LogP contribution >= 0.6 is 11.3 Å². The number of nitrogens with zero attached hydrogens (tertiary/aromatic N) is 1. The Morgan fingerprint density at radius 2 is 2.11 bits per heavy atom. The molecule has 2 aromatic rings. The quantitative estimate of drug-likeness (QED) is 0.773. The number of benzene rings is 1. The first-order chi connectivity index (χ1) is 13.1. The van der Waals surface area contributed by atoms with Crippen molar-refractivity contribution < 1.29 is 9.53 Å². The number of aryl methyl sites for hydroxylation is 1. The van der Waals surface area contributed by atoms with Gasteiger partial charge in [-0.1, -0.05) is 12.1 Å². The summed E-state index contributed by atoms with van der Waals surface area (Å²) in [6, 6.07) is 10.5. The minimum absolute atomic E-state index is 0.0294. The average Bonchev–Trinajstić information content (AvgIpc) is 3.24. The molecule has 0 radical (unpaired) electrons. The summed E-state index contributed by atoms with van der Waals surface area (Å²) in [6.45, 7) is 5.69. The van der Waals surface area contributed by atoms with Gasteiger partial charge in [0, 0.05) is 37.7 Å². The number of nitrogens with one attached hydrogen (secondary N) is 1. The van der Waals surface area contributed by atoms with Gasteiger partial charge in [0.2, 0.25) is 5.91 Å². The summed E-state index contributed by atoms with van der Waals surface area (Å²) < 4.78 is 5.97. The van der Waals surface area contributed by atoms with Crippen LogP contribution in [0.4, 0.5) is 5.69 Å². The lowest BCUT2D eigenvalue weighted by Crippen LogP contribution is -2.46. The van der Waals surface area contributed by atoms with Gasteiger partial charge in [0.1, 0.15) is 0 Å². The van der Waals surface area contributed by atoms with Crippen molar-refractivity contribution in [3.63, 3.8) is 0 Å². The number of anilines is 1. The number of ether oxygens (including phenoxy) is 1. The van der Waals surface area contributed by atoms with Crippen LogP contribution in [0.25, 0.3) is 0 Å². The van der Waals surface area contributed by atoms with Crippen LogP contribution in [0.3, 0.4) is 0 Å². The number of hydrogen-bond donors (Lipinski definition) is 1. The standard InChI is InChI=1S/C22H28N2O2S/c1-17(25)23-20-4-2-18(3-5-20)14-24-11-10-22(16-24,21-7-12-26-21)9-6-19-8-13-27-15-19/h2-5,8,13,15,21H,6-7,9-12,14,16H2,1H3,(H,23,25)/t21?,22-/m1/s1. The monoisotopic (exact) mass is 384 g/mol. The minimum Gasteiger partial charge on any atom is -0.377 e. The largest absolute Gasteiger partial charge is 0.377 e. The molecular weight excluding hydrogens is 356 g/mol. The van der Waals surface area contributed by atoms with E-state index in [9.17, 15) is 4.79 Å². The Morgan fingerprint density at radius 3 is 2.74 bits per heavy atom. The second-order valence-electron chi connectivity index (χ2n) is 7.98. The van der Waals surface area contributed by atoms with Crippen LogP contribution in [-0.2, 0) is 22.5 Å². The molecule has 1 amide bonds. The third-order valence-electron chi connectivity index (χ3n) is 6.02. The Hall–Kier alpha value is -1.69. The molecule has 0 aliphatic carbocycles. The summed E-state index contributed by atoms with van der Waals surface area (Å²) >= 11 is 1.79. The van der Waals surface area contributed by atoms with E-state index in [2.05, 4.69) is 39.2 Å². The molecule has 4 nitrogen and oxygen atoms in total. The summed E-state index contributed by atoms with van der Waals surface area (Å²) in [6.07, 6.45) is 5.24. The molecule has 0 spiro atoms. The molecule has 1 unspecified atom stereocenters. The minimum atomic E-state index is -0.0294. The maximum Gasteiger partial charge on any atom is 0.221 e. The van der Waals surface area contributed by atoms with Gasteiger partial charge in [-0.3, -0.25) is 9.69 Å². The molecule has 5 heteroatoms. The lowest BCUT2D eigenvalue weighted by molar-refractivity contribution is -0.126. The predicted octanol–water partition coefficient (Wildman–Crippen LogP) is 4.32. The molecule has 2 atom stereocenters. The molecule has 3 heterocycles. The van der Waals surface area contributed by atoms with E-state index in [0.717, 1.165) is 38.3 Å². The topological polar surface area (TPSA) is 41.6 Å². The second kappa shape index (κ2) is 8.13. The lowest BCUT2D eigenvalue weighted by atomic mass is 9.74. The number of hydrogen-bond acceptors (Lipinski definition) is 4. The van der Waals surface area contributed by atoms with Gasteiger partial charge in [-0.2, -0.15) is 11.3 Å². The van der Waals surface area contributed by atoms with Crippen molar-refractivity contribution in [2.45, 2.75) is 45.3 Å². The molecule has 1 N–H and O–H groups in total. The Morgan fingerprint density at radius 1 is 1.30 bits per heavy atom. The van der Waals surface area contributed by atoms with Crippen LogP contribution in [0.15, 0.2) is 41.1 Å². The fourth-order valence-electron chi connectivity index (χ4n) is 4.45. The maximum absolute atomic E-state index is 11.2. The van der Waals surface area contributed by atoms with Crippen LogP contribution in [0.5, 0.6) is 0 Å². The van der Waals surface area contributed by atoms with Crippen LogP contribution in [0, 0.1) is 5.41 Å². The zero-order valence-corrected chi connectivity index (χ0v) is 16.8. The summed E-state index contributed by atoms with van der Waals surface area (Å²) in [5.74, 6) is -0.0294. The summed E-state index contributed by atoms with van der Waals surface area (Å²) in [5.41, 5.74) is 3.93. The molecular formula is C22H28N2O2S. The van der Waals surface area contributed by atoms with E-state index in [1.165, 1.54) is 37.3 Å². The number of thiophene rings is 1. The predicted molar refractivity (Wildman–Crippen MR) is 110 cm³/mol. The van der Waals surface area contributed by atoms with Gasteiger partial charge in [-0.05, 0) is 72.3 Å². The SMILES string of the molecule is CC(=O)Nc1ccc(CN2CC[C@@](CCc3ccsc3)(C3CCO3)C2)cc1. The molecule has 2 fully saturated rings. The Kier molecular flexibility index (Phi) is 5.62. The molecule has 0 bridgehead atoms. The van der Waals surface area contributed by atoms with Crippen LogP contribution < -0.4 is 5.32 Å². The van der Waals surface area contributed by atoms with E-state index in [4.69, 9.17) is 4.74 Å². The van der Waals surface area contributed by atoms with Gasteiger partial charge in [-0.25, -0.2) is 0 Å². The van der Waals surface area contributed by atoms with E-state index >= 15 is 0 Å².